The molecule has 0 fully saturated rings. The van der Waals surface area contributed by atoms with Gasteiger partial charge < -0.3 is 5.32 Å². The number of nitrogens with zero attached hydrogens (tertiary/aromatic N) is 1. The Balaban J connectivity index is 2.24. The largest absolute Gasteiger partial charge is 0.354 e. The highest BCUT2D eigenvalue weighted by atomic mass is 16.2. The van der Waals surface area contributed by atoms with Gasteiger partial charge in [-0.15, -0.1) is 0 Å². The summed E-state index contributed by atoms with van der Waals surface area (Å²) in [5, 5.41) is 2.86. The van der Waals surface area contributed by atoms with Crippen LogP contribution in [0.5, 0.6) is 0 Å². The normalized spacial score (nSPS) is 17.4. The molecule has 2 amide bonds. The molecule has 2 rings (SSSR count). The quantitative estimate of drug-likeness (QED) is 0.878. The van der Waals surface area contributed by atoms with E-state index in [9.17, 15) is 9.59 Å². The first kappa shape index (κ1) is 12.6. The van der Waals surface area contributed by atoms with Gasteiger partial charge in [0.2, 0.25) is 11.8 Å². The van der Waals surface area contributed by atoms with Crippen LogP contribution < -0.4 is 10.2 Å². The van der Waals surface area contributed by atoms with Crippen LogP contribution in [0.3, 0.4) is 0 Å². The molecule has 1 unspecified atom stereocenters. The number of carbonyl (C=O) groups is 2. The van der Waals surface area contributed by atoms with Gasteiger partial charge in [-0.3, -0.25) is 14.5 Å². The zero-order chi connectivity index (χ0) is 13.1. The number of fused-ring (bicyclic) bond motifs is 1. The van der Waals surface area contributed by atoms with Gasteiger partial charge in [0, 0.05) is 25.6 Å². The smallest absolute Gasteiger partial charge is 0.243 e. The summed E-state index contributed by atoms with van der Waals surface area (Å²) in [6, 6.07) is 7.29. The number of amides is 2. The number of carbonyl (C=O) groups excluding carboxylic acids is 2. The number of para-hydroxylation sites is 1. The van der Waals surface area contributed by atoms with E-state index in [1.165, 1.54) is 6.92 Å². The molecule has 4 heteroatoms. The molecule has 0 saturated heterocycles. The molecule has 1 heterocycles. The predicted octanol–water partition coefficient (Wildman–Crippen LogP) is 1.49. The van der Waals surface area contributed by atoms with E-state index in [-0.39, 0.29) is 11.8 Å². The van der Waals surface area contributed by atoms with Crippen molar-refractivity contribution in [1.29, 1.82) is 0 Å². The lowest BCUT2D eigenvalue weighted by Crippen LogP contribution is -2.47. The molecule has 0 aliphatic carbocycles. The molecule has 1 N–H and O–H groups in total. The monoisotopic (exact) mass is 246 g/mol. The minimum Gasteiger partial charge on any atom is -0.354 e. The summed E-state index contributed by atoms with van der Waals surface area (Å²) in [6.07, 6.45) is 1.50. The Morgan fingerprint density at radius 3 is 2.78 bits per heavy atom. The Bertz CT molecular complexity index is 471. The minimum atomic E-state index is -0.397. The van der Waals surface area contributed by atoms with Crippen LogP contribution in [0, 0.1) is 0 Å². The molecule has 1 atom stereocenters. The summed E-state index contributed by atoms with van der Waals surface area (Å²) in [5.74, 6) is -0.153. The van der Waals surface area contributed by atoms with Crippen molar-refractivity contribution in [3.63, 3.8) is 0 Å². The van der Waals surface area contributed by atoms with Gasteiger partial charge in [0.15, 0.2) is 0 Å². The Morgan fingerprint density at radius 2 is 2.11 bits per heavy atom. The lowest BCUT2D eigenvalue weighted by molar-refractivity contribution is -0.125. The third-order valence-corrected chi connectivity index (χ3v) is 3.17. The number of nitrogens with one attached hydrogen (secondary N) is 1. The van der Waals surface area contributed by atoms with Crippen molar-refractivity contribution in [3.05, 3.63) is 29.8 Å². The fourth-order valence-electron chi connectivity index (χ4n) is 2.35. The molecular weight excluding hydrogens is 228 g/mol. The first-order valence-corrected chi connectivity index (χ1v) is 6.30. The Hall–Kier alpha value is -1.84. The lowest BCUT2D eigenvalue weighted by atomic mass is 10.1. The Morgan fingerprint density at radius 1 is 1.39 bits per heavy atom. The minimum absolute atomic E-state index is 0.0664. The topological polar surface area (TPSA) is 49.4 Å². The fraction of sp³-hybridized carbons (Fsp3) is 0.429. The highest BCUT2D eigenvalue weighted by Crippen LogP contribution is 2.32. The van der Waals surface area contributed by atoms with Crippen LogP contribution in [0.1, 0.15) is 25.8 Å². The fourth-order valence-corrected chi connectivity index (χ4v) is 2.35. The summed E-state index contributed by atoms with van der Waals surface area (Å²) < 4.78 is 0. The van der Waals surface area contributed by atoms with Gasteiger partial charge in [-0.2, -0.15) is 0 Å². The van der Waals surface area contributed by atoms with Gasteiger partial charge in [0.25, 0.3) is 0 Å². The number of benzene rings is 1. The molecule has 0 saturated carbocycles. The van der Waals surface area contributed by atoms with Crippen molar-refractivity contribution in [2.75, 3.05) is 11.4 Å². The van der Waals surface area contributed by atoms with Gasteiger partial charge in [-0.05, 0) is 18.1 Å². The molecule has 1 aliphatic heterocycles. The second-order valence-corrected chi connectivity index (χ2v) is 4.53. The van der Waals surface area contributed by atoms with Crippen molar-refractivity contribution in [1.82, 2.24) is 5.32 Å². The maximum absolute atomic E-state index is 12.1. The van der Waals surface area contributed by atoms with Gasteiger partial charge in [0.1, 0.15) is 6.04 Å². The maximum atomic E-state index is 12.1. The van der Waals surface area contributed by atoms with E-state index in [0.29, 0.717) is 13.0 Å². The van der Waals surface area contributed by atoms with Crippen LogP contribution in [0.15, 0.2) is 24.3 Å². The molecular formula is C14H18N2O2. The second-order valence-electron chi connectivity index (χ2n) is 4.53. The SMILES string of the molecule is CCCNC(=O)C1Cc2ccccc2N1C(C)=O. The summed E-state index contributed by atoms with van der Waals surface area (Å²) in [7, 11) is 0. The number of hydrogen-bond acceptors (Lipinski definition) is 2. The molecule has 1 aliphatic rings. The molecule has 0 aromatic heterocycles. The molecule has 96 valence electrons. The summed E-state index contributed by atoms with van der Waals surface area (Å²) in [4.78, 5) is 25.4. The van der Waals surface area contributed by atoms with Crippen LogP contribution >= 0.6 is 0 Å². The zero-order valence-electron chi connectivity index (χ0n) is 10.8. The average molecular weight is 246 g/mol. The highest BCUT2D eigenvalue weighted by molar-refractivity contribution is 6.02. The van der Waals surface area contributed by atoms with E-state index in [1.807, 2.05) is 31.2 Å². The molecule has 0 spiro atoms. The van der Waals surface area contributed by atoms with Gasteiger partial charge in [0.05, 0.1) is 0 Å². The number of anilines is 1. The van der Waals surface area contributed by atoms with Gasteiger partial charge in [-0.1, -0.05) is 25.1 Å². The van der Waals surface area contributed by atoms with E-state index in [4.69, 9.17) is 0 Å². The van der Waals surface area contributed by atoms with Crippen molar-refractivity contribution < 1.29 is 9.59 Å². The van der Waals surface area contributed by atoms with Crippen LogP contribution in [0.25, 0.3) is 0 Å². The van der Waals surface area contributed by atoms with Gasteiger partial charge >= 0.3 is 0 Å². The van der Waals surface area contributed by atoms with Crippen LogP contribution in [0.2, 0.25) is 0 Å². The molecule has 18 heavy (non-hydrogen) atoms. The molecule has 4 nitrogen and oxygen atoms in total. The number of rotatable bonds is 3. The highest BCUT2D eigenvalue weighted by Gasteiger charge is 2.36. The van der Waals surface area contributed by atoms with E-state index >= 15 is 0 Å². The van der Waals surface area contributed by atoms with Crippen molar-refractivity contribution in [3.8, 4) is 0 Å². The van der Waals surface area contributed by atoms with Crippen molar-refractivity contribution in [2.24, 2.45) is 0 Å². The maximum Gasteiger partial charge on any atom is 0.243 e. The molecule has 1 aromatic carbocycles. The summed E-state index contributed by atoms with van der Waals surface area (Å²) >= 11 is 0. The summed E-state index contributed by atoms with van der Waals surface area (Å²) in [5.41, 5.74) is 1.92. The third-order valence-electron chi connectivity index (χ3n) is 3.17. The Kier molecular flexibility index (Phi) is 3.65. The first-order chi connectivity index (χ1) is 8.65. The first-order valence-electron chi connectivity index (χ1n) is 6.30. The second kappa shape index (κ2) is 5.21. The van der Waals surface area contributed by atoms with Crippen LogP contribution in [-0.4, -0.2) is 24.4 Å². The Labute approximate surface area is 107 Å². The van der Waals surface area contributed by atoms with E-state index in [0.717, 1.165) is 17.7 Å². The molecule has 0 radical (unpaired) electrons. The number of hydrogen-bond donors (Lipinski definition) is 1. The molecule has 1 aromatic rings. The molecule has 0 bridgehead atoms. The lowest BCUT2D eigenvalue weighted by Gasteiger charge is -2.23. The van der Waals surface area contributed by atoms with E-state index in [2.05, 4.69) is 5.32 Å². The standard InChI is InChI=1S/C14H18N2O2/c1-3-8-15-14(18)13-9-11-6-4-5-7-12(11)16(13)10(2)17/h4-7,13H,3,8-9H2,1-2H3,(H,15,18). The van der Waals surface area contributed by atoms with Crippen molar-refractivity contribution >= 4 is 17.5 Å². The summed E-state index contributed by atoms with van der Waals surface area (Å²) in [6.45, 7) is 4.16. The predicted molar refractivity (Wildman–Crippen MR) is 70.4 cm³/mol. The van der Waals surface area contributed by atoms with Crippen LogP contribution in [0.4, 0.5) is 5.69 Å². The third kappa shape index (κ3) is 2.23. The van der Waals surface area contributed by atoms with Gasteiger partial charge in [-0.25, -0.2) is 0 Å². The zero-order valence-corrected chi connectivity index (χ0v) is 10.8. The van der Waals surface area contributed by atoms with E-state index < -0.39 is 6.04 Å². The van der Waals surface area contributed by atoms with Crippen molar-refractivity contribution in [2.45, 2.75) is 32.7 Å². The average Bonchev–Trinajstić information content (AvgIpc) is 2.75. The van der Waals surface area contributed by atoms with Crippen LogP contribution in [-0.2, 0) is 16.0 Å². The van der Waals surface area contributed by atoms with E-state index in [1.54, 1.807) is 4.90 Å².